The molecule has 4 heteroatoms. The van der Waals surface area contributed by atoms with Crippen LogP contribution in [0.15, 0.2) is 30.3 Å². The number of aliphatic hydroxyl groups excluding tert-OH is 1. The molecule has 1 atom stereocenters. The number of nitrogens with one attached hydrogen (secondary N) is 1. The van der Waals surface area contributed by atoms with Gasteiger partial charge in [0.15, 0.2) is 0 Å². The number of ether oxygens (including phenoxy) is 1. The minimum Gasteiger partial charge on any atom is -0.391 e. The van der Waals surface area contributed by atoms with Crippen molar-refractivity contribution in [3.63, 3.8) is 0 Å². The average Bonchev–Trinajstić information content (AvgIpc) is 2.29. The van der Waals surface area contributed by atoms with E-state index in [2.05, 4.69) is 5.32 Å². The molecule has 0 bridgehead atoms. The van der Waals surface area contributed by atoms with Crippen molar-refractivity contribution < 1.29 is 14.6 Å². The minimum absolute atomic E-state index is 0.00888. The van der Waals surface area contributed by atoms with E-state index in [1.54, 1.807) is 20.8 Å². The predicted molar refractivity (Wildman–Crippen MR) is 70.0 cm³/mol. The van der Waals surface area contributed by atoms with E-state index in [0.717, 1.165) is 5.56 Å². The first-order valence-corrected chi connectivity index (χ1v) is 6.02. The lowest BCUT2D eigenvalue weighted by atomic mass is 9.99. The molecule has 18 heavy (non-hydrogen) atoms. The van der Waals surface area contributed by atoms with Crippen molar-refractivity contribution in [1.29, 1.82) is 0 Å². The average molecular weight is 251 g/mol. The summed E-state index contributed by atoms with van der Waals surface area (Å²) in [7, 11) is 0. The van der Waals surface area contributed by atoms with Crippen molar-refractivity contribution in [2.45, 2.75) is 39.0 Å². The van der Waals surface area contributed by atoms with Crippen LogP contribution in [0.25, 0.3) is 0 Å². The third-order valence-electron chi connectivity index (χ3n) is 2.85. The molecule has 0 aliphatic heterocycles. The molecule has 100 valence electrons. The molecule has 0 heterocycles. The Morgan fingerprint density at radius 2 is 2.00 bits per heavy atom. The summed E-state index contributed by atoms with van der Waals surface area (Å²) in [5.41, 5.74) is 0.382. The number of amides is 1. The zero-order valence-corrected chi connectivity index (χ0v) is 11.1. The number of carbonyl (C=O) groups is 1. The van der Waals surface area contributed by atoms with Crippen molar-refractivity contribution in [2.24, 2.45) is 0 Å². The van der Waals surface area contributed by atoms with E-state index in [1.165, 1.54) is 0 Å². The van der Waals surface area contributed by atoms with E-state index in [1.807, 2.05) is 30.3 Å². The lowest BCUT2D eigenvalue weighted by molar-refractivity contribution is -0.129. The second-order valence-corrected chi connectivity index (χ2v) is 4.92. The number of benzene rings is 1. The first-order valence-electron chi connectivity index (χ1n) is 6.02. The van der Waals surface area contributed by atoms with E-state index in [0.29, 0.717) is 6.61 Å². The summed E-state index contributed by atoms with van der Waals surface area (Å²) in [4.78, 5) is 11.6. The summed E-state index contributed by atoms with van der Waals surface area (Å²) in [6.45, 7) is 5.58. The van der Waals surface area contributed by atoms with E-state index in [9.17, 15) is 9.90 Å². The quantitative estimate of drug-likeness (QED) is 0.805. The fourth-order valence-electron chi connectivity index (χ4n) is 1.34. The normalized spacial score (nSPS) is 13.1. The van der Waals surface area contributed by atoms with Crippen LogP contribution >= 0.6 is 0 Å². The molecule has 0 radical (unpaired) electrons. The Balaban J connectivity index is 2.30. The Labute approximate surface area is 108 Å². The molecule has 0 saturated heterocycles. The summed E-state index contributed by atoms with van der Waals surface area (Å²) in [6.07, 6.45) is -0.615. The second-order valence-electron chi connectivity index (χ2n) is 4.92. The van der Waals surface area contributed by atoms with Crippen molar-refractivity contribution >= 4 is 5.91 Å². The monoisotopic (exact) mass is 251 g/mol. The zero-order valence-electron chi connectivity index (χ0n) is 11.1. The van der Waals surface area contributed by atoms with Crippen LogP contribution in [-0.2, 0) is 16.1 Å². The molecule has 1 aromatic rings. The van der Waals surface area contributed by atoms with E-state index in [4.69, 9.17) is 4.74 Å². The van der Waals surface area contributed by atoms with E-state index < -0.39 is 11.6 Å². The maximum Gasteiger partial charge on any atom is 0.246 e. The topological polar surface area (TPSA) is 58.6 Å². The first-order chi connectivity index (χ1) is 8.42. The van der Waals surface area contributed by atoms with Crippen molar-refractivity contribution in [3.05, 3.63) is 35.9 Å². The molecule has 2 N–H and O–H groups in total. The van der Waals surface area contributed by atoms with Crippen LogP contribution < -0.4 is 5.32 Å². The number of hydrogen-bond acceptors (Lipinski definition) is 3. The van der Waals surface area contributed by atoms with Gasteiger partial charge in [-0.1, -0.05) is 30.3 Å². The Morgan fingerprint density at radius 1 is 1.39 bits per heavy atom. The minimum atomic E-state index is -0.646. The van der Waals surface area contributed by atoms with Crippen LogP contribution in [0, 0.1) is 0 Å². The van der Waals surface area contributed by atoms with Crippen LogP contribution in [0.4, 0.5) is 0 Å². The fourth-order valence-corrected chi connectivity index (χ4v) is 1.34. The van der Waals surface area contributed by atoms with Gasteiger partial charge in [-0.05, 0) is 26.3 Å². The summed E-state index contributed by atoms with van der Waals surface area (Å²) < 4.78 is 5.31. The predicted octanol–water partition coefficient (Wildman–Crippen LogP) is 1.48. The summed E-state index contributed by atoms with van der Waals surface area (Å²) in [5.74, 6) is -0.225. The van der Waals surface area contributed by atoms with Gasteiger partial charge < -0.3 is 15.2 Å². The molecule has 0 aromatic heterocycles. The highest BCUT2D eigenvalue weighted by atomic mass is 16.5. The maximum atomic E-state index is 11.6. The van der Waals surface area contributed by atoms with Gasteiger partial charge in [0.25, 0.3) is 0 Å². The number of carbonyl (C=O) groups excluding carboxylic acids is 1. The first kappa shape index (κ1) is 14.7. The molecule has 0 saturated carbocycles. The van der Waals surface area contributed by atoms with Crippen LogP contribution in [0.3, 0.4) is 0 Å². The van der Waals surface area contributed by atoms with Crippen LogP contribution in [-0.4, -0.2) is 29.3 Å². The van der Waals surface area contributed by atoms with Crippen LogP contribution in [0.2, 0.25) is 0 Å². The van der Waals surface area contributed by atoms with Gasteiger partial charge in [0.1, 0.15) is 6.61 Å². The fraction of sp³-hybridized carbons (Fsp3) is 0.500. The van der Waals surface area contributed by atoms with Gasteiger partial charge in [0, 0.05) is 0 Å². The van der Waals surface area contributed by atoms with Crippen LogP contribution in [0.1, 0.15) is 26.3 Å². The number of hydrogen-bond donors (Lipinski definition) is 2. The molecular formula is C14H21NO3. The number of aliphatic hydroxyl groups is 1. The maximum absolute atomic E-state index is 11.6. The zero-order chi connectivity index (χ0) is 13.6. The Morgan fingerprint density at radius 3 is 2.56 bits per heavy atom. The Kier molecular flexibility index (Phi) is 5.31. The highest BCUT2D eigenvalue weighted by Gasteiger charge is 2.25. The standard InChI is InChI=1S/C14H21NO3/c1-11(16)14(2,3)15-13(17)10-18-9-12-7-5-4-6-8-12/h4-8,11,16H,9-10H2,1-3H3,(H,15,17). The van der Waals surface area contributed by atoms with Gasteiger partial charge in [0.05, 0.1) is 18.2 Å². The SMILES string of the molecule is CC(O)C(C)(C)NC(=O)COCc1ccccc1. The molecular weight excluding hydrogens is 230 g/mol. The summed E-state index contributed by atoms with van der Waals surface area (Å²) in [5, 5.41) is 12.2. The van der Waals surface area contributed by atoms with Gasteiger partial charge in [-0.15, -0.1) is 0 Å². The summed E-state index contributed by atoms with van der Waals surface area (Å²) >= 11 is 0. The molecule has 1 rings (SSSR count). The lowest BCUT2D eigenvalue weighted by Gasteiger charge is -2.29. The van der Waals surface area contributed by atoms with E-state index >= 15 is 0 Å². The molecule has 0 spiro atoms. The van der Waals surface area contributed by atoms with Crippen molar-refractivity contribution in [1.82, 2.24) is 5.32 Å². The van der Waals surface area contributed by atoms with Crippen molar-refractivity contribution in [3.8, 4) is 0 Å². The third-order valence-corrected chi connectivity index (χ3v) is 2.85. The Hall–Kier alpha value is -1.39. The summed E-state index contributed by atoms with van der Waals surface area (Å²) in [6, 6.07) is 9.67. The van der Waals surface area contributed by atoms with Crippen LogP contribution in [0.5, 0.6) is 0 Å². The van der Waals surface area contributed by atoms with Gasteiger partial charge in [0.2, 0.25) is 5.91 Å². The Bertz CT molecular complexity index is 374. The van der Waals surface area contributed by atoms with Gasteiger partial charge >= 0.3 is 0 Å². The highest BCUT2D eigenvalue weighted by Crippen LogP contribution is 2.08. The molecule has 0 aliphatic rings. The smallest absolute Gasteiger partial charge is 0.246 e. The molecule has 4 nitrogen and oxygen atoms in total. The molecule has 1 aromatic carbocycles. The second kappa shape index (κ2) is 6.52. The molecule has 0 fully saturated rings. The molecule has 1 amide bonds. The van der Waals surface area contributed by atoms with Crippen molar-refractivity contribution in [2.75, 3.05) is 6.61 Å². The highest BCUT2D eigenvalue weighted by molar-refractivity contribution is 5.78. The third kappa shape index (κ3) is 4.85. The van der Waals surface area contributed by atoms with E-state index in [-0.39, 0.29) is 12.5 Å². The largest absolute Gasteiger partial charge is 0.391 e. The lowest BCUT2D eigenvalue weighted by Crippen LogP contribution is -2.52. The van der Waals surface area contributed by atoms with Gasteiger partial charge in [-0.3, -0.25) is 4.79 Å². The number of rotatable bonds is 6. The molecule has 0 aliphatic carbocycles. The van der Waals surface area contributed by atoms with Gasteiger partial charge in [-0.2, -0.15) is 0 Å². The van der Waals surface area contributed by atoms with Gasteiger partial charge in [-0.25, -0.2) is 0 Å². The molecule has 1 unspecified atom stereocenters.